The molecule has 1 amide bonds. The molecular formula is C15H18N2O3. The van der Waals surface area contributed by atoms with Gasteiger partial charge < -0.3 is 15.3 Å². The van der Waals surface area contributed by atoms with Gasteiger partial charge in [0.1, 0.15) is 0 Å². The normalized spacial score (nSPS) is 21.4. The largest absolute Gasteiger partial charge is 0.481 e. The van der Waals surface area contributed by atoms with Gasteiger partial charge in [0, 0.05) is 18.8 Å². The molecule has 1 saturated heterocycles. The minimum absolute atomic E-state index is 0.0337. The molecular weight excluding hydrogens is 256 g/mol. The van der Waals surface area contributed by atoms with Crippen molar-refractivity contribution in [3.05, 3.63) is 29.8 Å². The number of benzene rings is 1. The molecule has 0 spiro atoms. The third-order valence-electron chi connectivity index (χ3n) is 4.42. The van der Waals surface area contributed by atoms with Crippen molar-refractivity contribution in [2.24, 2.45) is 0 Å². The van der Waals surface area contributed by atoms with E-state index in [2.05, 4.69) is 5.32 Å². The van der Waals surface area contributed by atoms with Crippen molar-refractivity contribution in [2.45, 2.75) is 24.7 Å². The van der Waals surface area contributed by atoms with E-state index < -0.39 is 11.4 Å². The van der Waals surface area contributed by atoms with Crippen molar-refractivity contribution >= 4 is 17.6 Å². The van der Waals surface area contributed by atoms with Gasteiger partial charge in [0.2, 0.25) is 5.91 Å². The first-order valence-electron chi connectivity index (χ1n) is 6.98. The Labute approximate surface area is 117 Å². The first-order valence-corrected chi connectivity index (χ1v) is 6.98. The number of anilines is 1. The Morgan fingerprint density at radius 2 is 2.15 bits per heavy atom. The molecule has 106 valence electrons. The van der Waals surface area contributed by atoms with Crippen LogP contribution in [0.5, 0.6) is 0 Å². The van der Waals surface area contributed by atoms with Crippen LogP contribution in [0.1, 0.15) is 24.8 Å². The minimum atomic E-state index is -0.757. The summed E-state index contributed by atoms with van der Waals surface area (Å²) in [5.41, 5.74) is 0.884. The summed E-state index contributed by atoms with van der Waals surface area (Å²) < 4.78 is 0. The summed E-state index contributed by atoms with van der Waals surface area (Å²) in [7, 11) is 0. The van der Waals surface area contributed by atoms with Crippen LogP contribution in [0.2, 0.25) is 0 Å². The molecule has 2 fully saturated rings. The molecule has 3 rings (SSSR count). The number of nitrogens with one attached hydrogen (secondary N) is 1. The van der Waals surface area contributed by atoms with Crippen molar-refractivity contribution in [1.82, 2.24) is 5.32 Å². The average Bonchev–Trinajstić information content (AvgIpc) is 2.38. The molecule has 0 unspecified atom stereocenters. The lowest BCUT2D eigenvalue weighted by Crippen LogP contribution is -2.48. The second-order valence-corrected chi connectivity index (χ2v) is 5.51. The van der Waals surface area contributed by atoms with E-state index in [-0.39, 0.29) is 5.91 Å². The first-order chi connectivity index (χ1) is 9.63. The Kier molecular flexibility index (Phi) is 3.22. The van der Waals surface area contributed by atoms with Crippen LogP contribution in [0.3, 0.4) is 0 Å². The van der Waals surface area contributed by atoms with E-state index >= 15 is 0 Å². The quantitative estimate of drug-likeness (QED) is 0.867. The van der Waals surface area contributed by atoms with Crippen LogP contribution >= 0.6 is 0 Å². The summed E-state index contributed by atoms with van der Waals surface area (Å²) in [6.07, 6.45) is 2.31. The predicted octanol–water partition coefficient (Wildman–Crippen LogP) is 1.13. The van der Waals surface area contributed by atoms with Gasteiger partial charge in [-0.25, -0.2) is 0 Å². The van der Waals surface area contributed by atoms with Crippen LogP contribution in [-0.4, -0.2) is 36.6 Å². The lowest BCUT2D eigenvalue weighted by Gasteiger charge is -2.38. The van der Waals surface area contributed by atoms with E-state index in [1.165, 1.54) is 0 Å². The van der Waals surface area contributed by atoms with Crippen LogP contribution in [0.25, 0.3) is 0 Å². The maximum absolute atomic E-state index is 11.9. The van der Waals surface area contributed by atoms with E-state index in [1.54, 1.807) is 4.90 Å². The Balaban J connectivity index is 1.93. The molecule has 1 aromatic carbocycles. The number of rotatable bonds is 3. The summed E-state index contributed by atoms with van der Waals surface area (Å²) in [6, 6.07) is 7.46. The van der Waals surface area contributed by atoms with Gasteiger partial charge in [0.25, 0.3) is 0 Å². The number of hydrogen-bond donors (Lipinski definition) is 2. The summed E-state index contributed by atoms with van der Waals surface area (Å²) in [5.74, 6) is -0.723. The lowest BCUT2D eigenvalue weighted by molar-refractivity contribution is -0.147. The molecule has 0 atom stereocenters. The molecule has 5 heteroatoms. The van der Waals surface area contributed by atoms with Gasteiger partial charge >= 0.3 is 5.97 Å². The zero-order chi connectivity index (χ0) is 14.2. The standard InChI is InChI=1S/C15H18N2O3/c18-13-10-16-7-8-17(13)12-4-1-3-11(9-12)15(14(19)20)5-2-6-15/h1,3-4,9,16H,2,5-8,10H2,(H,19,20). The fourth-order valence-corrected chi connectivity index (χ4v) is 3.01. The highest BCUT2D eigenvalue weighted by molar-refractivity contribution is 5.96. The molecule has 1 aliphatic carbocycles. The Bertz CT molecular complexity index is 552. The van der Waals surface area contributed by atoms with Crippen molar-refractivity contribution < 1.29 is 14.7 Å². The van der Waals surface area contributed by atoms with E-state index in [1.807, 2.05) is 24.3 Å². The van der Waals surface area contributed by atoms with Crippen molar-refractivity contribution in [3.8, 4) is 0 Å². The van der Waals surface area contributed by atoms with Crippen LogP contribution < -0.4 is 10.2 Å². The van der Waals surface area contributed by atoms with E-state index in [4.69, 9.17) is 0 Å². The van der Waals surface area contributed by atoms with Crippen molar-refractivity contribution in [2.75, 3.05) is 24.5 Å². The Hall–Kier alpha value is -1.88. The molecule has 0 bridgehead atoms. The highest BCUT2D eigenvalue weighted by Crippen LogP contribution is 2.44. The second kappa shape index (κ2) is 4.90. The third kappa shape index (κ3) is 1.98. The number of carboxylic acid groups (broad SMARTS) is 1. The van der Waals surface area contributed by atoms with E-state index in [0.29, 0.717) is 25.9 Å². The Morgan fingerprint density at radius 1 is 1.35 bits per heavy atom. The second-order valence-electron chi connectivity index (χ2n) is 5.51. The number of nitrogens with zero attached hydrogens (tertiary/aromatic N) is 1. The molecule has 0 aromatic heterocycles. The van der Waals surface area contributed by atoms with Gasteiger partial charge in [0.15, 0.2) is 0 Å². The van der Waals surface area contributed by atoms with Gasteiger partial charge in [0.05, 0.1) is 12.0 Å². The van der Waals surface area contributed by atoms with E-state index in [0.717, 1.165) is 24.2 Å². The predicted molar refractivity (Wildman–Crippen MR) is 74.8 cm³/mol. The average molecular weight is 274 g/mol. The number of hydrogen-bond acceptors (Lipinski definition) is 3. The van der Waals surface area contributed by atoms with Crippen LogP contribution in [-0.2, 0) is 15.0 Å². The summed E-state index contributed by atoms with van der Waals surface area (Å²) in [6.45, 7) is 1.73. The number of piperazine rings is 1. The molecule has 2 N–H and O–H groups in total. The SMILES string of the molecule is O=C1CNCCN1c1cccc(C2(C(=O)O)CCC2)c1. The van der Waals surface area contributed by atoms with Crippen LogP contribution in [0, 0.1) is 0 Å². The third-order valence-corrected chi connectivity index (χ3v) is 4.42. The molecule has 1 aromatic rings. The van der Waals surface area contributed by atoms with Crippen LogP contribution in [0.15, 0.2) is 24.3 Å². The van der Waals surface area contributed by atoms with Gasteiger partial charge in [-0.05, 0) is 30.5 Å². The lowest BCUT2D eigenvalue weighted by atomic mass is 9.64. The molecule has 2 aliphatic rings. The smallest absolute Gasteiger partial charge is 0.314 e. The highest BCUT2D eigenvalue weighted by Gasteiger charge is 2.46. The number of carbonyl (C=O) groups is 2. The molecule has 1 saturated carbocycles. The van der Waals surface area contributed by atoms with Gasteiger partial charge in [-0.2, -0.15) is 0 Å². The topological polar surface area (TPSA) is 69.6 Å². The van der Waals surface area contributed by atoms with Crippen molar-refractivity contribution in [3.63, 3.8) is 0 Å². The summed E-state index contributed by atoms with van der Waals surface area (Å²) in [4.78, 5) is 25.2. The van der Waals surface area contributed by atoms with Crippen molar-refractivity contribution in [1.29, 1.82) is 0 Å². The summed E-state index contributed by atoms with van der Waals surface area (Å²) in [5, 5.41) is 12.5. The Morgan fingerprint density at radius 3 is 2.75 bits per heavy atom. The maximum atomic E-state index is 11.9. The minimum Gasteiger partial charge on any atom is -0.481 e. The van der Waals surface area contributed by atoms with Gasteiger partial charge in [-0.3, -0.25) is 9.59 Å². The first kappa shape index (κ1) is 13.1. The molecule has 1 heterocycles. The van der Waals surface area contributed by atoms with Crippen LogP contribution in [0.4, 0.5) is 5.69 Å². The summed E-state index contributed by atoms with van der Waals surface area (Å²) >= 11 is 0. The monoisotopic (exact) mass is 274 g/mol. The van der Waals surface area contributed by atoms with E-state index in [9.17, 15) is 14.7 Å². The zero-order valence-corrected chi connectivity index (χ0v) is 11.3. The molecule has 1 aliphatic heterocycles. The molecule has 0 radical (unpaired) electrons. The zero-order valence-electron chi connectivity index (χ0n) is 11.3. The molecule has 5 nitrogen and oxygen atoms in total. The highest BCUT2D eigenvalue weighted by atomic mass is 16.4. The number of aliphatic carboxylic acids is 1. The number of amides is 1. The number of carbonyl (C=O) groups excluding carboxylic acids is 1. The fraction of sp³-hybridized carbons (Fsp3) is 0.467. The van der Waals surface area contributed by atoms with Gasteiger partial charge in [-0.1, -0.05) is 18.6 Å². The van der Waals surface area contributed by atoms with Gasteiger partial charge in [-0.15, -0.1) is 0 Å². The number of carboxylic acids is 1. The molecule has 20 heavy (non-hydrogen) atoms. The fourth-order valence-electron chi connectivity index (χ4n) is 3.01. The maximum Gasteiger partial charge on any atom is 0.314 e.